The average molecular weight is 545 g/mol. The summed E-state index contributed by atoms with van der Waals surface area (Å²) in [5, 5.41) is 2.58. The standard InChI is InChI=1S/C28H33ClN2O5S/c1-20(2)31(28(33)19-36-23-10-8-22(29)9-11-23)18-27(32)30(17-24-6-5-15-37-24)14-13-21-7-12-25(34-3)26(16-21)35-4/h5-12,15-16,20H,13-14,17-19H2,1-4H3. The van der Waals surface area contributed by atoms with Crippen molar-refractivity contribution in [2.24, 2.45) is 0 Å². The molecule has 0 atom stereocenters. The molecule has 0 fully saturated rings. The van der Waals surface area contributed by atoms with Gasteiger partial charge in [-0.25, -0.2) is 0 Å². The summed E-state index contributed by atoms with van der Waals surface area (Å²) in [5.41, 5.74) is 1.02. The summed E-state index contributed by atoms with van der Waals surface area (Å²) in [6, 6.07) is 16.4. The summed E-state index contributed by atoms with van der Waals surface area (Å²) in [6.45, 7) is 4.56. The highest BCUT2D eigenvalue weighted by molar-refractivity contribution is 7.09. The van der Waals surface area contributed by atoms with E-state index in [4.69, 9.17) is 25.8 Å². The molecule has 0 spiro atoms. The maximum Gasteiger partial charge on any atom is 0.261 e. The zero-order chi connectivity index (χ0) is 26.8. The van der Waals surface area contributed by atoms with Crippen LogP contribution in [0.4, 0.5) is 0 Å². The Morgan fingerprint density at radius 2 is 1.70 bits per heavy atom. The molecule has 0 saturated carbocycles. The Morgan fingerprint density at radius 3 is 2.32 bits per heavy atom. The zero-order valence-electron chi connectivity index (χ0n) is 21.6. The molecule has 0 aliphatic carbocycles. The van der Waals surface area contributed by atoms with Crippen molar-refractivity contribution in [1.82, 2.24) is 9.80 Å². The molecule has 2 amide bonds. The molecule has 0 N–H and O–H groups in total. The first-order chi connectivity index (χ1) is 17.8. The first-order valence-electron chi connectivity index (χ1n) is 12.0. The molecule has 3 aromatic rings. The molecule has 0 unspecified atom stereocenters. The second-order valence-electron chi connectivity index (χ2n) is 8.69. The molecule has 0 bridgehead atoms. The van der Waals surface area contributed by atoms with Crippen LogP contribution in [0.1, 0.15) is 24.3 Å². The number of methoxy groups -OCH3 is 2. The normalized spacial score (nSPS) is 10.8. The molecule has 0 aliphatic rings. The van der Waals surface area contributed by atoms with E-state index in [2.05, 4.69) is 0 Å². The van der Waals surface area contributed by atoms with Crippen LogP contribution in [0.3, 0.4) is 0 Å². The van der Waals surface area contributed by atoms with Gasteiger partial charge in [-0.3, -0.25) is 9.59 Å². The van der Waals surface area contributed by atoms with Gasteiger partial charge in [0.1, 0.15) is 12.3 Å². The van der Waals surface area contributed by atoms with Crippen molar-refractivity contribution in [2.75, 3.05) is 33.9 Å². The predicted molar refractivity (Wildman–Crippen MR) is 147 cm³/mol. The molecule has 0 radical (unpaired) electrons. The highest BCUT2D eigenvalue weighted by Gasteiger charge is 2.24. The lowest BCUT2D eigenvalue weighted by Crippen LogP contribution is -2.47. The van der Waals surface area contributed by atoms with Crippen molar-refractivity contribution >= 4 is 34.8 Å². The molecular weight excluding hydrogens is 512 g/mol. The number of amides is 2. The summed E-state index contributed by atoms with van der Waals surface area (Å²) < 4.78 is 16.4. The van der Waals surface area contributed by atoms with E-state index in [1.807, 2.05) is 49.6 Å². The molecule has 3 rings (SSSR count). The fourth-order valence-corrected chi connectivity index (χ4v) is 4.59. The van der Waals surface area contributed by atoms with Crippen LogP contribution in [0.15, 0.2) is 60.0 Å². The molecular formula is C28H33ClN2O5S. The third-order valence-corrected chi connectivity index (χ3v) is 6.94. The minimum atomic E-state index is -0.255. The van der Waals surface area contributed by atoms with Crippen LogP contribution in [0.25, 0.3) is 0 Å². The molecule has 0 aliphatic heterocycles. The molecule has 2 aromatic carbocycles. The third kappa shape index (κ3) is 8.40. The number of carbonyl (C=O) groups excluding carboxylic acids is 2. The summed E-state index contributed by atoms with van der Waals surface area (Å²) >= 11 is 7.51. The fraction of sp³-hybridized carbons (Fsp3) is 0.357. The van der Waals surface area contributed by atoms with Gasteiger partial charge in [0.2, 0.25) is 5.91 Å². The average Bonchev–Trinajstić information content (AvgIpc) is 3.41. The van der Waals surface area contributed by atoms with Gasteiger partial charge in [0.15, 0.2) is 18.1 Å². The number of halogens is 1. The number of hydrogen-bond acceptors (Lipinski definition) is 6. The van der Waals surface area contributed by atoms with E-state index in [1.165, 1.54) is 0 Å². The fourth-order valence-electron chi connectivity index (χ4n) is 3.75. The van der Waals surface area contributed by atoms with Crippen molar-refractivity contribution in [1.29, 1.82) is 0 Å². The van der Waals surface area contributed by atoms with Crippen LogP contribution in [-0.2, 0) is 22.6 Å². The molecule has 9 heteroatoms. The van der Waals surface area contributed by atoms with Crippen molar-refractivity contribution in [3.05, 3.63) is 75.4 Å². The van der Waals surface area contributed by atoms with Crippen LogP contribution in [0.2, 0.25) is 5.02 Å². The molecule has 1 heterocycles. The van der Waals surface area contributed by atoms with Crippen molar-refractivity contribution in [3.63, 3.8) is 0 Å². The largest absolute Gasteiger partial charge is 0.493 e. The Kier molecular flexibility index (Phi) is 10.7. The highest BCUT2D eigenvalue weighted by atomic mass is 35.5. The monoisotopic (exact) mass is 544 g/mol. The Balaban J connectivity index is 1.68. The molecule has 1 aromatic heterocycles. The van der Waals surface area contributed by atoms with Crippen LogP contribution in [0.5, 0.6) is 17.2 Å². The van der Waals surface area contributed by atoms with Crippen LogP contribution in [0, 0.1) is 0 Å². The van der Waals surface area contributed by atoms with Crippen LogP contribution >= 0.6 is 22.9 Å². The number of hydrogen-bond donors (Lipinski definition) is 0. The zero-order valence-corrected chi connectivity index (χ0v) is 23.2. The molecule has 37 heavy (non-hydrogen) atoms. The number of thiophene rings is 1. The number of benzene rings is 2. The van der Waals surface area contributed by atoms with Crippen molar-refractivity contribution in [3.8, 4) is 17.2 Å². The summed E-state index contributed by atoms with van der Waals surface area (Å²) in [6.07, 6.45) is 0.632. The molecule has 0 saturated heterocycles. The summed E-state index contributed by atoms with van der Waals surface area (Å²) in [4.78, 5) is 30.9. The summed E-state index contributed by atoms with van der Waals surface area (Å²) in [5.74, 6) is 1.47. The highest BCUT2D eigenvalue weighted by Crippen LogP contribution is 2.28. The smallest absolute Gasteiger partial charge is 0.261 e. The Morgan fingerprint density at radius 1 is 0.973 bits per heavy atom. The molecule has 198 valence electrons. The van der Waals surface area contributed by atoms with Gasteiger partial charge in [-0.05, 0) is 73.7 Å². The maximum atomic E-state index is 13.5. The number of ether oxygens (including phenoxy) is 3. The van der Waals surface area contributed by atoms with Crippen LogP contribution in [-0.4, -0.2) is 61.6 Å². The Hall–Kier alpha value is -3.23. The lowest BCUT2D eigenvalue weighted by atomic mass is 10.1. The quantitative estimate of drug-likeness (QED) is 0.292. The van der Waals surface area contributed by atoms with Gasteiger partial charge in [0.05, 0.1) is 20.8 Å². The van der Waals surface area contributed by atoms with E-state index in [0.29, 0.717) is 41.8 Å². The van der Waals surface area contributed by atoms with Crippen LogP contribution < -0.4 is 14.2 Å². The van der Waals surface area contributed by atoms with Crippen molar-refractivity contribution in [2.45, 2.75) is 32.9 Å². The van der Waals surface area contributed by atoms with Gasteiger partial charge >= 0.3 is 0 Å². The van der Waals surface area contributed by atoms with Gasteiger partial charge in [-0.2, -0.15) is 0 Å². The predicted octanol–water partition coefficient (Wildman–Crippen LogP) is 5.31. The Labute approximate surface area is 227 Å². The van der Waals surface area contributed by atoms with Gasteiger partial charge in [0.25, 0.3) is 5.91 Å². The number of nitrogens with zero attached hydrogens (tertiary/aromatic N) is 2. The SMILES string of the molecule is COc1ccc(CCN(Cc2cccs2)C(=O)CN(C(=O)COc2ccc(Cl)cc2)C(C)C)cc1OC. The number of carbonyl (C=O) groups is 2. The maximum absolute atomic E-state index is 13.5. The van der Waals surface area contributed by atoms with E-state index in [1.54, 1.807) is 59.6 Å². The Bertz CT molecular complexity index is 1150. The minimum Gasteiger partial charge on any atom is -0.493 e. The van der Waals surface area contributed by atoms with E-state index in [9.17, 15) is 9.59 Å². The second-order valence-corrected chi connectivity index (χ2v) is 10.2. The van der Waals surface area contributed by atoms with E-state index in [0.717, 1.165) is 10.4 Å². The topological polar surface area (TPSA) is 68.3 Å². The first kappa shape index (κ1) is 28.3. The first-order valence-corrected chi connectivity index (χ1v) is 13.2. The van der Waals surface area contributed by atoms with E-state index >= 15 is 0 Å². The van der Waals surface area contributed by atoms with Gasteiger partial charge in [-0.15, -0.1) is 11.3 Å². The van der Waals surface area contributed by atoms with E-state index < -0.39 is 0 Å². The second kappa shape index (κ2) is 13.9. The van der Waals surface area contributed by atoms with Gasteiger partial charge in [-0.1, -0.05) is 23.7 Å². The molecule has 7 nitrogen and oxygen atoms in total. The number of rotatable bonds is 13. The van der Waals surface area contributed by atoms with E-state index in [-0.39, 0.29) is 31.0 Å². The third-order valence-electron chi connectivity index (χ3n) is 5.82. The van der Waals surface area contributed by atoms with Crippen molar-refractivity contribution < 1.29 is 23.8 Å². The van der Waals surface area contributed by atoms with Gasteiger partial charge in [0, 0.05) is 22.5 Å². The van der Waals surface area contributed by atoms with Gasteiger partial charge < -0.3 is 24.0 Å². The lowest BCUT2D eigenvalue weighted by Gasteiger charge is -2.30. The lowest BCUT2D eigenvalue weighted by molar-refractivity contribution is -0.143. The summed E-state index contributed by atoms with van der Waals surface area (Å²) in [7, 11) is 3.20. The minimum absolute atomic E-state index is 0.0300.